The van der Waals surface area contributed by atoms with E-state index in [0.29, 0.717) is 16.5 Å². The lowest BCUT2D eigenvalue weighted by Crippen LogP contribution is -2.30. The second-order valence-corrected chi connectivity index (χ2v) is 5.41. The summed E-state index contributed by atoms with van der Waals surface area (Å²) in [4.78, 5) is 12.2. The zero-order valence-electron chi connectivity index (χ0n) is 12.3. The minimum Gasteiger partial charge on any atom is -0.481 e. The van der Waals surface area contributed by atoms with E-state index >= 15 is 0 Å². The van der Waals surface area contributed by atoms with E-state index in [9.17, 15) is 4.79 Å². The van der Waals surface area contributed by atoms with Gasteiger partial charge in [-0.2, -0.15) is 0 Å². The number of hydrogen-bond acceptors (Lipinski definition) is 2. The number of carbonyl (C=O) groups is 1. The predicted molar refractivity (Wildman–Crippen MR) is 86.1 cm³/mol. The maximum Gasteiger partial charge on any atom is 0.265 e. The van der Waals surface area contributed by atoms with Crippen molar-refractivity contribution in [2.45, 2.75) is 26.9 Å². The summed E-state index contributed by atoms with van der Waals surface area (Å²) in [6.45, 7) is 5.69. The Balaban J connectivity index is 2.04. The third-order valence-corrected chi connectivity index (χ3v) is 3.46. The molecule has 0 aromatic heterocycles. The Hall–Kier alpha value is -2.00. The molecule has 21 heavy (non-hydrogen) atoms. The summed E-state index contributed by atoms with van der Waals surface area (Å²) in [5, 5.41) is 3.27. The number of amides is 1. The first-order chi connectivity index (χ1) is 9.97. The van der Waals surface area contributed by atoms with Gasteiger partial charge >= 0.3 is 0 Å². The topological polar surface area (TPSA) is 38.3 Å². The van der Waals surface area contributed by atoms with Crippen LogP contribution in [0, 0.1) is 13.8 Å². The Labute approximate surface area is 129 Å². The Kier molecular flexibility index (Phi) is 4.86. The fraction of sp³-hybridized carbons (Fsp3) is 0.235. The van der Waals surface area contributed by atoms with Crippen LogP contribution in [0.15, 0.2) is 42.5 Å². The number of ether oxygens (including phenoxy) is 1. The van der Waals surface area contributed by atoms with Crippen molar-refractivity contribution < 1.29 is 9.53 Å². The number of aryl methyl sites for hydroxylation is 2. The molecule has 0 unspecified atom stereocenters. The van der Waals surface area contributed by atoms with Gasteiger partial charge in [-0.15, -0.1) is 0 Å². The molecule has 0 saturated carbocycles. The molecule has 0 aliphatic rings. The Bertz CT molecular complexity index is 655. The molecule has 1 amide bonds. The van der Waals surface area contributed by atoms with Crippen LogP contribution in [0.1, 0.15) is 18.1 Å². The van der Waals surface area contributed by atoms with Crippen molar-refractivity contribution in [3.05, 3.63) is 58.6 Å². The van der Waals surface area contributed by atoms with Gasteiger partial charge in [-0.3, -0.25) is 4.79 Å². The normalized spacial score (nSPS) is 11.8. The van der Waals surface area contributed by atoms with E-state index in [1.807, 2.05) is 44.2 Å². The van der Waals surface area contributed by atoms with Gasteiger partial charge in [0.15, 0.2) is 6.10 Å². The van der Waals surface area contributed by atoms with Crippen molar-refractivity contribution in [2.24, 2.45) is 0 Å². The van der Waals surface area contributed by atoms with Crippen LogP contribution in [0.25, 0.3) is 0 Å². The molecule has 0 spiro atoms. The van der Waals surface area contributed by atoms with E-state index in [-0.39, 0.29) is 5.91 Å². The molecule has 3 nitrogen and oxygen atoms in total. The highest BCUT2D eigenvalue weighted by atomic mass is 35.5. The van der Waals surface area contributed by atoms with Crippen LogP contribution in [0.2, 0.25) is 5.02 Å². The lowest BCUT2D eigenvalue weighted by molar-refractivity contribution is -0.122. The Morgan fingerprint density at radius 2 is 1.90 bits per heavy atom. The Morgan fingerprint density at radius 3 is 2.57 bits per heavy atom. The smallest absolute Gasteiger partial charge is 0.265 e. The largest absolute Gasteiger partial charge is 0.481 e. The number of nitrogens with one attached hydrogen (secondary N) is 1. The van der Waals surface area contributed by atoms with Gasteiger partial charge in [-0.25, -0.2) is 0 Å². The summed E-state index contributed by atoms with van der Waals surface area (Å²) in [5.41, 5.74) is 2.75. The summed E-state index contributed by atoms with van der Waals surface area (Å²) < 4.78 is 5.72. The second kappa shape index (κ2) is 6.64. The average Bonchev–Trinajstić information content (AvgIpc) is 2.44. The number of anilines is 1. The van der Waals surface area contributed by atoms with Gasteiger partial charge in [0.2, 0.25) is 0 Å². The lowest BCUT2D eigenvalue weighted by atomic mass is 10.1. The maximum absolute atomic E-state index is 12.2. The molecule has 110 valence electrons. The molecule has 1 atom stereocenters. The van der Waals surface area contributed by atoms with Crippen LogP contribution in [-0.4, -0.2) is 12.0 Å². The number of hydrogen-bond donors (Lipinski definition) is 1. The molecule has 4 heteroatoms. The highest BCUT2D eigenvalue weighted by Crippen LogP contribution is 2.22. The van der Waals surface area contributed by atoms with Crippen LogP contribution < -0.4 is 10.1 Å². The molecule has 0 fully saturated rings. The fourth-order valence-electron chi connectivity index (χ4n) is 1.97. The maximum atomic E-state index is 12.2. The zero-order valence-corrected chi connectivity index (χ0v) is 13.1. The molecule has 0 radical (unpaired) electrons. The van der Waals surface area contributed by atoms with Gasteiger partial charge in [-0.05, 0) is 44.5 Å². The third-order valence-electron chi connectivity index (χ3n) is 3.14. The van der Waals surface area contributed by atoms with Crippen LogP contribution in [-0.2, 0) is 4.79 Å². The second-order valence-electron chi connectivity index (χ2n) is 5.00. The van der Waals surface area contributed by atoms with Gasteiger partial charge < -0.3 is 10.1 Å². The number of benzene rings is 2. The van der Waals surface area contributed by atoms with Crippen LogP contribution in [0.5, 0.6) is 5.75 Å². The summed E-state index contributed by atoms with van der Waals surface area (Å²) in [7, 11) is 0. The zero-order chi connectivity index (χ0) is 15.4. The van der Waals surface area contributed by atoms with Crippen molar-refractivity contribution in [3.63, 3.8) is 0 Å². The summed E-state index contributed by atoms with van der Waals surface area (Å²) >= 11 is 6.02. The molecule has 2 aromatic carbocycles. The van der Waals surface area contributed by atoms with E-state index < -0.39 is 6.10 Å². The van der Waals surface area contributed by atoms with Crippen molar-refractivity contribution in [2.75, 3.05) is 5.32 Å². The molecule has 0 heterocycles. The van der Waals surface area contributed by atoms with Crippen LogP contribution in [0.3, 0.4) is 0 Å². The molecule has 0 saturated heterocycles. The number of carbonyl (C=O) groups excluding carboxylic acids is 1. The summed E-state index contributed by atoms with van der Waals surface area (Å²) in [5.74, 6) is 0.477. The van der Waals surface area contributed by atoms with Crippen LogP contribution >= 0.6 is 11.6 Å². The standard InChI is InChI=1S/C17H18ClNO2/c1-11-8-9-16(12(2)10-11)21-13(3)17(20)19-15-7-5-4-6-14(15)18/h4-10,13H,1-3H3,(H,19,20)/t13-/m0/s1. The monoisotopic (exact) mass is 303 g/mol. The van der Waals surface area contributed by atoms with Crippen molar-refractivity contribution in [3.8, 4) is 5.75 Å². The fourth-order valence-corrected chi connectivity index (χ4v) is 2.16. The van der Waals surface area contributed by atoms with Gasteiger partial charge in [0, 0.05) is 0 Å². The molecule has 0 bridgehead atoms. The quantitative estimate of drug-likeness (QED) is 0.911. The van der Waals surface area contributed by atoms with E-state index in [0.717, 1.165) is 11.1 Å². The van der Waals surface area contributed by atoms with Crippen LogP contribution in [0.4, 0.5) is 5.69 Å². The highest BCUT2D eigenvalue weighted by Gasteiger charge is 2.16. The van der Waals surface area contributed by atoms with Gasteiger partial charge in [0.05, 0.1) is 10.7 Å². The van der Waals surface area contributed by atoms with Crippen molar-refractivity contribution >= 4 is 23.2 Å². The summed E-state index contributed by atoms with van der Waals surface area (Å²) in [6, 6.07) is 13.0. The number of rotatable bonds is 4. The van der Waals surface area contributed by atoms with Gasteiger partial charge in [0.25, 0.3) is 5.91 Å². The number of halogens is 1. The van der Waals surface area contributed by atoms with E-state index in [1.54, 1.807) is 19.1 Å². The first kappa shape index (κ1) is 15.4. The third kappa shape index (κ3) is 3.99. The first-order valence-electron chi connectivity index (χ1n) is 6.76. The average molecular weight is 304 g/mol. The van der Waals surface area contributed by atoms with E-state index in [1.165, 1.54) is 0 Å². The molecule has 1 N–H and O–H groups in total. The van der Waals surface area contributed by atoms with E-state index in [2.05, 4.69) is 5.32 Å². The SMILES string of the molecule is Cc1ccc(O[C@@H](C)C(=O)Nc2ccccc2Cl)c(C)c1. The van der Waals surface area contributed by atoms with Gasteiger partial charge in [-0.1, -0.05) is 41.4 Å². The van der Waals surface area contributed by atoms with Crippen molar-refractivity contribution in [1.82, 2.24) is 0 Å². The molecular formula is C17H18ClNO2. The highest BCUT2D eigenvalue weighted by molar-refractivity contribution is 6.33. The Morgan fingerprint density at radius 1 is 1.19 bits per heavy atom. The predicted octanol–water partition coefficient (Wildman–Crippen LogP) is 4.36. The number of para-hydroxylation sites is 1. The van der Waals surface area contributed by atoms with Crippen molar-refractivity contribution in [1.29, 1.82) is 0 Å². The molecule has 0 aliphatic carbocycles. The molecule has 0 aliphatic heterocycles. The minimum absolute atomic E-state index is 0.233. The molecular weight excluding hydrogens is 286 g/mol. The molecule has 2 rings (SSSR count). The van der Waals surface area contributed by atoms with E-state index in [4.69, 9.17) is 16.3 Å². The van der Waals surface area contributed by atoms with Gasteiger partial charge in [0.1, 0.15) is 5.75 Å². The molecule has 2 aromatic rings. The minimum atomic E-state index is -0.609. The summed E-state index contributed by atoms with van der Waals surface area (Å²) in [6.07, 6.45) is -0.609. The first-order valence-corrected chi connectivity index (χ1v) is 7.14. The lowest BCUT2D eigenvalue weighted by Gasteiger charge is -2.17.